The van der Waals surface area contributed by atoms with Gasteiger partial charge in [0, 0.05) is 0 Å². The molecule has 0 aliphatic heterocycles. The van der Waals surface area contributed by atoms with E-state index in [2.05, 4.69) is 27.7 Å². The van der Waals surface area contributed by atoms with Gasteiger partial charge in [0.15, 0.2) is 0 Å². The minimum atomic E-state index is 1.11. The van der Waals surface area contributed by atoms with E-state index < -0.39 is 0 Å². The van der Waals surface area contributed by atoms with Gasteiger partial charge in [0.1, 0.15) is 0 Å². The minimum absolute atomic E-state index is 1.11. The number of nitrogens with zero attached hydrogens (tertiary/aromatic N) is 1. The smallest absolute Gasteiger partial charge is 0.0780 e. The SMILES string of the molecule is C=CCCCCCCCC[N+](C)(C)C. The number of hydrogen-bond acceptors (Lipinski definition) is 0. The predicted molar refractivity (Wildman–Crippen MR) is 65.4 cm³/mol. The first kappa shape index (κ1) is 13.7. The van der Waals surface area contributed by atoms with Gasteiger partial charge in [0.05, 0.1) is 27.7 Å². The predicted octanol–water partition coefficient (Wildman–Crippen LogP) is 3.61. The van der Waals surface area contributed by atoms with E-state index in [4.69, 9.17) is 0 Å². The fraction of sp³-hybridized carbons (Fsp3) is 0.846. The first-order valence-corrected chi connectivity index (χ1v) is 5.97. The third-order valence-electron chi connectivity index (χ3n) is 2.49. The maximum atomic E-state index is 3.73. The molecule has 0 bridgehead atoms. The molecule has 0 N–H and O–H groups in total. The Morgan fingerprint density at radius 1 is 0.857 bits per heavy atom. The third-order valence-corrected chi connectivity index (χ3v) is 2.49. The minimum Gasteiger partial charge on any atom is -0.331 e. The van der Waals surface area contributed by atoms with Gasteiger partial charge >= 0.3 is 0 Å². The summed E-state index contributed by atoms with van der Waals surface area (Å²) in [6, 6.07) is 0. The summed E-state index contributed by atoms with van der Waals surface area (Å²) in [5, 5.41) is 0. The van der Waals surface area contributed by atoms with Crippen LogP contribution in [0.2, 0.25) is 0 Å². The third kappa shape index (κ3) is 11.7. The van der Waals surface area contributed by atoms with Crippen LogP contribution in [-0.4, -0.2) is 32.2 Å². The zero-order chi connectivity index (χ0) is 10.9. The van der Waals surface area contributed by atoms with Crippen LogP contribution in [0.4, 0.5) is 0 Å². The molecule has 0 aromatic carbocycles. The number of rotatable bonds is 9. The van der Waals surface area contributed by atoms with Crippen molar-refractivity contribution in [3.63, 3.8) is 0 Å². The fourth-order valence-corrected chi connectivity index (χ4v) is 1.58. The van der Waals surface area contributed by atoms with Crippen LogP contribution in [0.1, 0.15) is 44.9 Å². The molecule has 1 nitrogen and oxygen atoms in total. The molecule has 0 aromatic heterocycles. The number of allylic oxidation sites excluding steroid dienone is 1. The first-order chi connectivity index (χ1) is 6.56. The van der Waals surface area contributed by atoms with Crippen LogP contribution in [0.15, 0.2) is 12.7 Å². The van der Waals surface area contributed by atoms with Crippen molar-refractivity contribution in [2.75, 3.05) is 27.7 Å². The number of quaternary nitrogens is 1. The Bertz CT molecular complexity index is 133. The van der Waals surface area contributed by atoms with Crippen LogP contribution in [0.25, 0.3) is 0 Å². The largest absolute Gasteiger partial charge is 0.331 e. The lowest BCUT2D eigenvalue weighted by molar-refractivity contribution is -0.870. The van der Waals surface area contributed by atoms with Crippen molar-refractivity contribution in [2.24, 2.45) is 0 Å². The maximum Gasteiger partial charge on any atom is 0.0780 e. The summed E-state index contributed by atoms with van der Waals surface area (Å²) < 4.78 is 1.11. The Labute approximate surface area is 90.4 Å². The highest BCUT2D eigenvalue weighted by Gasteiger charge is 2.04. The van der Waals surface area contributed by atoms with E-state index in [9.17, 15) is 0 Å². The molecule has 0 amide bonds. The van der Waals surface area contributed by atoms with E-state index in [-0.39, 0.29) is 0 Å². The molecule has 0 atom stereocenters. The van der Waals surface area contributed by atoms with E-state index >= 15 is 0 Å². The van der Waals surface area contributed by atoms with Crippen LogP contribution < -0.4 is 0 Å². The van der Waals surface area contributed by atoms with Crippen LogP contribution in [0.3, 0.4) is 0 Å². The Kier molecular flexibility index (Phi) is 7.87. The second-order valence-corrected chi connectivity index (χ2v) is 5.21. The highest BCUT2D eigenvalue weighted by Crippen LogP contribution is 2.08. The van der Waals surface area contributed by atoms with Gasteiger partial charge in [-0.3, -0.25) is 0 Å². The van der Waals surface area contributed by atoms with Crippen molar-refractivity contribution in [1.82, 2.24) is 0 Å². The Morgan fingerprint density at radius 3 is 1.86 bits per heavy atom. The summed E-state index contributed by atoms with van der Waals surface area (Å²) in [5.74, 6) is 0. The number of unbranched alkanes of at least 4 members (excludes halogenated alkanes) is 6. The highest BCUT2D eigenvalue weighted by atomic mass is 15.3. The summed E-state index contributed by atoms with van der Waals surface area (Å²) in [6.45, 7) is 5.05. The maximum absolute atomic E-state index is 3.73. The van der Waals surface area contributed by atoms with E-state index in [1.807, 2.05) is 6.08 Å². The average Bonchev–Trinajstić information content (AvgIpc) is 2.08. The summed E-state index contributed by atoms with van der Waals surface area (Å²) in [4.78, 5) is 0. The van der Waals surface area contributed by atoms with Gasteiger partial charge in [-0.2, -0.15) is 0 Å². The Morgan fingerprint density at radius 2 is 1.36 bits per heavy atom. The normalized spacial score (nSPS) is 11.6. The molecular weight excluding hydrogens is 170 g/mol. The van der Waals surface area contributed by atoms with Crippen molar-refractivity contribution in [3.05, 3.63) is 12.7 Å². The molecule has 1 heteroatoms. The van der Waals surface area contributed by atoms with Crippen molar-refractivity contribution in [1.29, 1.82) is 0 Å². The lowest BCUT2D eigenvalue weighted by atomic mass is 10.1. The van der Waals surface area contributed by atoms with Crippen LogP contribution >= 0.6 is 0 Å². The molecule has 84 valence electrons. The quantitative estimate of drug-likeness (QED) is 0.302. The van der Waals surface area contributed by atoms with Crippen molar-refractivity contribution in [3.8, 4) is 0 Å². The molecule has 0 aliphatic carbocycles. The zero-order valence-electron chi connectivity index (χ0n) is 10.4. The lowest BCUT2D eigenvalue weighted by Gasteiger charge is -2.23. The van der Waals surface area contributed by atoms with Crippen molar-refractivity contribution in [2.45, 2.75) is 44.9 Å². The van der Waals surface area contributed by atoms with E-state index in [0.717, 1.165) is 4.48 Å². The van der Waals surface area contributed by atoms with Crippen LogP contribution in [0.5, 0.6) is 0 Å². The summed E-state index contributed by atoms with van der Waals surface area (Å²) in [7, 11) is 6.80. The molecular formula is C13H28N+. The second kappa shape index (κ2) is 8.05. The molecule has 0 heterocycles. The molecule has 0 saturated carbocycles. The standard InChI is InChI=1S/C13H28N/c1-5-6-7-8-9-10-11-12-13-14(2,3)4/h5H,1,6-13H2,2-4H3/q+1. The van der Waals surface area contributed by atoms with Gasteiger partial charge in [0.25, 0.3) is 0 Å². The molecule has 14 heavy (non-hydrogen) atoms. The number of hydrogen-bond donors (Lipinski definition) is 0. The summed E-state index contributed by atoms with van der Waals surface area (Å²) in [5.41, 5.74) is 0. The van der Waals surface area contributed by atoms with Crippen molar-refractivity contribution < 1.29 is 4.48 Å². The van der Waals surface area contributed by atoms with Crippen LogP contribution in [0, 0.1) is 0 Å². The fourth-order valence-electron chi connectivity index (χ4n) is 1.58. The molecule has 0 spiro atoms. The van der Waals surface area contributed by atoms with Gasteiger partial charge in [-0.25, -0.2) is 0 Å². The molecule has 0 aliphatic rings. The topological polar surface area (TPSA) is 0 Å². The summed E-state index contributed by atoms with van der Waals surface area (Å²) >= 11 is 0. The average molecular weight is 198 g/mol. The van der Waals surface area contributed by atoms with Gasteiger partial charge < -0.3 is 4.48 Å². The monoisotopic (exact) mass is 198 g/mol. The van der Waals surface area contributed by atoms with E-state index in [1.54, 1.807) is 0 Å². The van der Waals surface area contributed by atoms with Crippen LogP contribution in [-0.2, 0) is 0 Å². The van der Waals surface area contributed by atoms with E-state index in [0.29, 0.717) is 0 Å². The molecule has 0 unspecified atom stereocenters. The highest BCUT2D eigenvalue weighted by molar-refractivity contribution is 4.65. The second-order valence-electron chi connectivity index (χ2n) is 5.21. The molecule has 0 rings (SSSR count). The molecule has 0 saturated heterocycles. The Balaban J connectivity index is 3.03. The van der Waals surface area contributed by atoms with Gasteiger partial charge in [-0.1, -0.05) is 25.3 Å². The lowest BCUT2D eigenvalue weighted by Crippen LogP contribution is -2.35. The first-order valence-electron chi connectivity index (χ1n) is 5.97. The van der Waals surface area contributed by atoms with Gasteiger partial charge in [0.2, 0.25) is 0 Å². The molecule has 0 radical (unpaired) electrons. The summed E-state index contributed by atoms with van der Waals surface area (Å²) in [6.07, 6.45) is 11.5. The van der Waals surface area contributed by atoms with Gasteiger partial charge in [-0.05, 0) is 25.7 Å². The molecule has 0 fully saturated rings. The van der Waals surface area contributed by atoms with E-state index in [1.165, 1.54) is 51.5 Å². The van der Waals surface area contributed by atoms with Gasteiger partial charge in [-0.15, -0.1) is 6.58 Å². The molecule has 0 aromatic rings. The zero-order valence-corrected chi connectivity index (χ0v) is 10.4. The van der Waals surface area contributed by atoms with Crippen molar-refractivity contribution >= 4 is 0 Å². The Hall–Kier alpha value is -0.300.